The molecular weight excluding hydrogens is 356 g/mol. The highest BCUT2D eigenvalue weighted by molar-refractivity contribution is 5.90. The first-order valence-corrected chi connectivity index (χ1v) is 9.14. The van der Waals surface area contributed by atoms with Crippen LogP contribution in [0.25, 0.3) is 0 Å². The molecule has 0 aliphatic heterocycles. The van der Waals surface area contributed by atoms with Crippen molar-refractivity contribution in [3.63, 3.8) is 0 Å². The Balaban J connectivity index is 2.14. The number of hydrogen-bond donors (Lipinski definition) is 2. The van der Waals surface area contributed by atoms with Gasteiger partial charge < -0.3 is 15.4 Å². The normalized spacial score (nSPS) is 12.5. The van der Waals surface area contributed by atoms with Gasteiger partial charge in [-0.3, -0.25) is 9.59 Å². The molecule has 0 aliphatic rings. The first kappa shape index (κ1) is 21.2. The first-order valence-electron chi connectivity index (χ1n) is 9.14. The van der Waals surface area contributed by atoms with E-state index < -0.39 is 24.0 Å². The molecule has 0 aromatic heterocycles. The molecule has 2 amide bonds. The Bertz CT molecular complexity index is 803. The maximum atomic E-state index is 12.8. The lowest BCUT2D eigenvalue weighted by molar-refractivity contribution is -0.145. The van der Waals surface area contributed by atoms with Gasteiger partial charge in [0.15, 0.2) is 0 Å². The number of nitrogens with one attached hydrogen (secondary N) is 2. The molecule has 6 heteroatoms. The zero-order chi connectivity index (χ0) is 20.5. The summed E-state index contributed by atoms with van der Waals surface area (Å²) < 4.78 is 4.85. The Morgan fingerprint density at radius 3 is 2.00 bits per heavy atom. The Morgan fingerprint density at radius 1 is 0.857 bits per heavy atom. The van der Waals surface area contributed by atoms with E-state index in [9.17, 15) is 14.4 Å². The van der Waals surface area contributed by atoms with Gasteiger partial charge >= 0.3 is 5.97 Å². The highest BCUT2D eigenvalue weighted by Crippen LogP contribution is 2.09. The topological polar surface area (TPSA) is 84.5 Å². The first-order chi connectivity index (χ1) is 13.4. The molecule has 28 heavy (non-hydrogen) atoms. The second kappa shape index (κ2) is 10.3. The predicted molar refractivity (Wildman–Crippen MR) is 107 cm³/mol. The van der Waals surface area contributed by atoms with Gasteiger partial charge in [0, 0.05) is 19.8 Å². The lowest BCUT2D eigenvalue weighted by atomic mass is 10.0. The Kier molecular flexibility index (Phi) is 7.75. The van der Waals surface area contributed by atoms with Crippen molar-refractivity contribution in [3.8, 4) is 0 Å². The van der Waals surface area contributed by atoms with Crippen LogP contribution in [0, 0.1) is 6.92 Å². The van der Waals surface area contributed by atoms with Crippen molar-refractivity contribution in [1.29, 1.82) is 0 Å². The molecule has 0 radical (unpaired) electrons. The third-order valence-corrected chi connectivity index (χ3v) is 4.34. The van der Waals surface area contributed by atoms with Crippen LogP contribution < -0.4 is 10.6 Å². The van der Waals surface area contributed by atoms with E-state index in [1.54, 1.807) is 0 Å². The van der Waals surface area contributed by atoms with E-state index >= 15 is 0 Å². The Labute approximate surface area is 165 Å². The van der Waals surface area contributed by atoms with Crippen LogP contribution >= 0.6 is 0 Å². The van der Waals surface area contributed by atoms with Gasteiger partial charge in [-0.25, -0.2) is 4.79 Å². The second-order valence-electron chi connectivity index (χ2n) is 6.72. The van der Waals surface area contributed by atoms with Crippen molar-refractivity contribution >= 4 is 17.8 Å². The molecule has 0 aliphatic carbocycles. The summed E-state index contributed by atoms with van der Waals surface area (Å²) in [6, 6.07) is 15.5. The van der Waals surface area contributed by atoms with E-state index in [1.165, 1.54) is 14.0 Å². The summed E-state index contributed by atoms with van der Waals surface area (Å²) in [5.41, 5.74) is 2.92. The summed E-state index contributed by atoms with van der Waals surface area (Å²) in [6.07, 6.45) is 0.626. The van der Waals surface area contributed by atoms with Gasteiger partial charge in [0.05, 0.1) is 7.11 Å². The van der Waals surface area contributed by atoms with Crippen LogP contribution in [0.4, 0.5) is 0 Å². The molecule has 2 rings (SSSR count). The van der Waals surface area contributed by atoms with Crippen LogP contribution in [0.2, 0.25) is 0 Å². The smallest absolute Gasteiger partial charge is 0.328 e. The van der Waals surface area contributed by atoms with Crippen molar-refractivity contribution in [3.05, 3.63) is 71.3 Å². The maximum absolute atomic E-state index is 12.8. The van der Waals surface area contributed by atoms with Gasteiger partial charge in [0.2, 0.25) is 11.8 Å². The standard InChI is InChI=1S/C22H26N2O4/c1-15-9-11-18(12-10-15)14-20(22(27)28-3)24-21(26)19(23-16(2)25)13-17-7-5-4-6-8-17/h4-12,19-20H,13-14H2,1-3H3,(H,23,25)(H,24,26)/t19-,20-/m1/s1. The molecular formula is C22H26N2O4. The van der Waals surface area contributed by atoms with Crippen molar-refractivity contribution < 1.29 is 19.1 Å². The van der Waals surface area contributed by atoms with Crippen molar-refractivity contribution in [2.45, 2.75) is 38.8 Å². The SMILES string of the molecule is COC(=O)[C@@H](Cc1ccc(C)cc1)NC(=O)[C@@H](Cc1ccccc1)NC(C)=O. The maximum Gasteiger partial charge on any atom is 0.328 e. The fourth-order valence-corrected chi connectivity index (χ4v) is 2.87. The summed E-state index contributed by atoms with van der Waals surface area (Å²) in [5.74, 6) is -1.28. The molecule has 0 spiro atoms. The van der Waals surface area contributed by atoms with Gasteiger partial charge in [0.1, 0.15) is 12.1 Å². The minimum Gasteiger partial charge on any atom is -0.467 e. The molecule has 0 fully saturated rings. The van der Waals surface area contributed by atoms with E-state index in [1.807, 2.05) is 61.5 Å². The molecule has 0 saturated heterocycles. The van der Waals surface area contributed by atoms with Crippen LogP contribution in [-0.2, 0) is 32.0 Å². The van der Waals surface area contributed by atoms with Crippen molar-refractivity contribution in [2.24, 2.45) is 0 Å². The monoisotopic (exact) mass is 382 g/mol. The number of benzene rings is 2. The zero-order valence-corrected chi connectivity index (χ0v) is 16.4. The van der Waals surface area contributed by atoms with Crippen LogP contribution in [0.15, 0.2) is 54.6 Å². The number of rotatable bonds is 8. The summed E-state index contributed by atoms with van der Waals surface area (Å²) in [5, 5.41) is 5.39. The number of carbonyl (C=O) groups is 3. The number of esters is 1. The molecule has 6 nitrogen and oxygen atoms in total. The van der Waals surface area contributed by atoms with E-state index in [2.05, 4.69) is 10.6 Å². The van der Waals surface area contributed by atoms with E-state index in [0.29, 0.717) is 12.8 Å². The molecule has 0 unspecified atom stereocenters. The summed E-state index contributed by atoms with van der Waals surface area (Å²) in [6.45, 7) is 3.33. The number of aryl methyl sites for hydroxylation is 1. The number of carbonyl (C=O) groups excluding carboxylic acids is 3. The molecule has 2 atom stereocenters. The average Bonchev–Trinajstić information content (AvgIpc) is 2.68. The largest absolute Gasteiger partial charge is 0.467 e. The van der Waals surface area contributed by atoms with Crippen molar-refractivity contribution in [2.75, 3.05) is 7.11 Å². The Morgan fingerprint density at radius 2 is 1.43 bits per heavy atom. The number of methoxy groups -OCH3 is 1. The van der Waals surface area contributed by atoms with Crippen LogP contribution in [-0.4, -0.2) is 37.0 Å². The van der Waals surface area contributed by atoms with Crippen molar-refractivity contribution in [1.82, 2.24) is 10.6 Å². The Hall–Kier alpha value is -3.15. The molecule has 148 valence electrons. The van der Waals surface area contributed by atoms with Gasteiger partial charge in [-0.1, -0.05) is 60.2 Å². The van der Waals surface area contributed by atoms with Crippen LogP contribution in [0.1, 0.15) is 23.6 Å². The minimum absolute atomic E-state index is 0.302. The second-order valence-corrected chi connectivity index (χ2v) is 6.72. The van der Waals surface area contributed by atoms with Gasteiger partial charge in [-0.05, 0) is 18.1 Å². The third-order valence-electron chi connectivity index (χ3n) is 4.34. The quantitative estimate of drug-likeness (QED) is 0.684. The molecule has 0 heterocycles. The third kappa shape index (κ3) is 6.54. The fourth-order valence-electron chi connectivity index (χ4n) is 2.87. The summed E-state index contributed by atoms with van der Waals surface area (Å²) in [4.78, 5) is 36.6. The van der Waals surface area contributed by atoms with Crippen LogP contribution in [0.5, 0.6) is 0 Å². The summed E-state index contributed by atoms with van der Waals surface area (Å²) >= 11 is 0. The molecule has 0 saturated carbocycles. The molecule has 0 bridgehead atoms. The van der Waals surface area contributed by atoms with Gasteiger partial charge in [-0.2, -0.15) is 0 Å². The lowest BCUT2D eigenvalue weighted by Crippen LogP contribution is -2.53. The number of amides is 2. The fraction of sp³-hybridized carbons (Fsp3) is 0.318. The molecule has 2 aromatic carbocycles. The van der Waals surface area contributed by atoms with Crippen LogP contribution in [0.3, 0.4) is 0 Å². The van der Waals surface area contributed by atoms with E-state index in [4.69, 9.17) is 4.74 Å². The van der Waals surface area contributed by atoms with E-state index in [-0.39, 0.29) is 5.91 Å². The zero-order valence-electron chi connectivity index (χ0n) is 16.4. The van der Waals surface area contributed by atoms with Gasteiger partial charge in [-0.15, -0.1) is 0 Å². The number of ether oxygens (including phenoxy) is 1. The lowest BCUT2D eigenvalue weighted by Gasteiger charge is -2.22. The highest BCUT2D eigenvalue weighted by Gasteiger charge is 2.27. The van der Waals surface area contributed by atoms with E-state index in [0.717, 1.165) is 16.7 Å². The average molecular weight is 382 g/mol. The van der Waals surface area contributed by atoms with Gasteiger partial charge in [0.25, 0.3) is 0 Å². The molecule has 2 N–H and O–H groups in total. The minimum atomic E-state index is -0.841. The summed E-state index contributed by atoms with van der Waals surface area (Å²) in [7, 11) is 1.28. The number of hydrogen-bond acceptors (Lipinski definition) is 4. The molecule has 2 aromatic rings. The predicted octanol–water partition coefficient (Wildman–Crippen LogP) is 1.94. The highest BCUT2D eigenvalue weighted by atomic mass is 16.5.